The molecule has 1 aliphatic rings. The minimum absolute atomic E-state index is 0.121. The van der Waals surface area contributed by atoms with Crippen molar-refractivity contribution in [2.75, 3.05) is 11.1 Å². The van der Waals surface area contributed by atoms with E-state index in [0.29, 0.717) is 5.56 Å². The minimum Gasteiger partial charge on any atom is -0.377 e. The van der Waals surface area contributed by atoms with Gasteiger partial charge >= 0.3 is 0 Å². The van der Waals surface area contributed by atoms with Crippen LogP contribution in [-0.4, -0.2) is 14.2 Å². The molecule has 104 valence electrons. The number of halogens is 2. The smallest absolute Gasteiger partial charge is 0.181 e. The van der Waals surface area contributed by atoms with Crippen LogP contribution in [0, 0.1) is 11.6 Å². The summed E-state index contributed by atoms with van der Waals surface area (Å²) < 4.78 is 50.3. The van der Waals surface area contributed by atoms with Crippen LogP contribution in [0.5, 0.6) is 0 Å². The van der Waals surface area contributed by atoms with Crippen molar-refractivity contribution in [3.05, 3.63) is 59.7 Å². The Bertz CT molecular complexity index is 754. The molecule has 0 bridgehead atoms. The van der Waals surface area contributed by atoms with Crippen LogP contribution < -0.4 is 5.32 Å². The van der Waals surface area contributed by atoms with Crippen molar-refractivity contribution in [1.29, 1.82) is 0 Å². The maximum atomic E-state index is 13.2. The molecule has 0 saturated heterocycles. The Morgan fingerprint density at radius 3 is 2.40 bits per heavy atom. The van der Waals surface area contributed by atoms with E-state index in [4.69, 9.17) is 0 Å². The van der Waals surface area contributed by atoms with Crippen LogP contribution in [-0.2, 0) is 9.84 Å². The van der Waals surface area contributed by atoms with Crippen molar-refractivity contribution in [2.45, 2.75) is 10.9 Å². The first-order chi connectivity index (χ1) is 9.45. The molecule has 0 fully saturated rings. The molecule has 1 unspecified atom stereocenters. The van der Waals surface area contributed by atoms with Gasteiger partial charge in [-0.25, -0.2) is 17.2 Å². The summed E-state index contributed by atoms with van der Waals surface area (Å²) in [5, 5.41) is 2.88. The summed E-state index contributed by atoms with van der Waals surface area (Å²) in [4.78, 5) is 0.273. The summed E-state index contributed by atoms with van der Waals surface area (Å²) in [6.45, 7) is 0. The highest BCUT2D eigenvalue weighted by Gasteiger charge is 2.34. The van der Waals surface area contributed by atoms with Gasteiger partial charge in [-0.05, 0) is 23.8 Å². The van der Waals surface area contributed by atoms with Crippen molar-refractivity contribution in [2.24, 2.45) is 0 Å². The van der Waals surface area contributed by atoms with Crippen LogP contribution in [0.25, 0.3) is 0 Å². The third-order valence-corrected chi connectivity index (χ3v) is 5.03. The average molecular weight is 295 g/mol. The summed E-state index contributed by atoms with van der Waals surface area (Å²) in [6, 6.07) is 9.17. The van der Waals surface area contributed by atoms with E-state index in [1.165, 1.54) is 0 Å². The molecule has 0 aliphatic carbocycles. The second-order valence-corrected chi connectivity index (χ2v) is 6.68. The highest BCUT2D eigenvalue weighted by atomic mass is 32.2. The first-order valence-electron chi connectivity index (χ1n) is 6.00. The highest BCUT2D eigenvalue weighted by molar-refractivity contribution is 7.91. The number of hydrogen-bond acceptors (Lipinski definition) is 3. The van der Waals surface area contributed by atoms with Crippen LogP contribution in [0.4, 0.5) is 14.5 Å². The number of rotatable bonds is 2. The predicted octanol–water partition coefficient (Wildman–Crippen LogP) is 2.91. The lowest BCUT2D eigenvalue weighted by Crippen LogP contribution is -2.13. The van der Waals surface area contributed by atoms with Crippen molar-refractivity contribution in [3.63, 3.8) is 0 Å². The van der Waals surface area contributed by atoms with Gasteiger partial charge in [0.15, 0.2) is 9.84 Å². The molecule has 1 heterocycles. The van der Waals surface area contributed by atoms with Gasteiger partial charge in [0, 0.05) is 11.8 Å². The molecule has 1 aliphatic heterocycles. The van der Waals surface area contributed by atoms with Gasteiger partial charge in [0.05, 0.1) is 16.7 Å². The molecule has 1 N–H and O–H groups in total. The lowest BCUT2D eigenvalue weighted by Gasteiger charge is -2.14. The first kappa shape index (κ1) is 13.1. The van der Waals surface area contributed by atoms with Crippen molar-refractivity contribution >= 4 is 15.5 Å². The van der Waals surface area contributed by atoms with Gasteiger partial charge in [-0.2, -0.15) is 0 Å². The van der Waals surface area contributed by atoms with Gasteiger partial charge in [0.25, 0.3) is 0 Å². The number of anilines is 1. The van der Waals surface area contributed by atoms with Gasteiger partial charge in [-0.15, -0.1) is 0 Å². The van der Waals surface area contributed by atoms with E-state index in [9.17, 15) is 17.2 Å². The molecule has 0 spiro atoms. The summed E-state index contributed by atoms with van der Waals surface area (Å²) in [6.07, 6.45) is 0. The van der Waals surface area contributed by atoms with Crippen molar-refractivity contribution in [1.82, 2.24) is 0 Å². The molecule has 20 heavy (non-hydrogen) atoms. The lowest BCUT2D eigenvalue weighted by molar-refractivity contribution is 0.583. The summed E-state index contributed by atoms with van der Waals surface area (Å²) in [7, 11) is -3.35. The number of nitrogens with one attached hydrogen (secondary N) is 1. The third-order valence-electron chi connectivity index (χ3n) is 3.22. The van der Waals surface area contributed by atoms with E-state index >= 15 is 0 Å². The lowest BCUT2D eigenvalue weighted by atomic mass is 10.1. The van der Waals surface area contributed by atoms with E-state index in [-0.39, 0.29) is 16.3 Å². The van der Waals surface area contributed by atoms with Gasteiger partial charge in [-0.1, -0.05) is 18.2 Å². The van der Waals surface area contributed by atoms with Crippen molar-refractivity contribution < 1.29 is 17.2 Å². The van der Waals surface area contributed by atoms with E-state index in [1.807, 2.05) is 0 Å². The van der Waals surface area contributed by atoms with Crippen LogP contribution in [0.1, 0.15) is 11.6 Å². The third kappa shape index (κ3) is 2.27. The Morgan fingerprint density at radius 2 is 1.70 bits per heavy atom. The summed E-state index contributed by atoms with van der Waals surface area (Å²) in [5.41, 5.74) is 0.844. The van der Waals surface area contributed by atoms with Crippen LogP contribution >= 0.6 is 0 Å². The topological polar surface area (TPSA) is 46.2 Å². The molecule has 0 saturated carbocycles. The summed E-state index contributed by atoms with van der Waals surface area (Å²) in [5.74, 6) is -1.53. The molecular weight excluding hydrogens is 284 g/mol. The maximum absolute atomic E-state index is 13.2. The molecule has 1 atom stereocenters. The summed E-state index contributed by atoms with van der Waals surface area (Å²) >= 11 is 0. The molecule has 0 amide bonds. The minimum atomic E-state index is -3.35. The zero-order valence-electron chi connectivity index (χ0n) is 10.3. The SMILES string of the molecule is O=S1(=O)CC(Nc2cc(F)cc(F)c2)c2ccccc21. The number of benzene rings is 2. The van der Waals surface area contributed by atoms with E-state index < -0.39 is 27.5 Å². The number of fused-ring (bicyclic) bond motifs is 1. The Morgan fingerprint density at radius 1 is 1.05 bits per heavy atom. The predicted molar refractivity (Wildman–Crippen MR) is 71.2 cm³/mol. The van der Waals surface area contributed by atoms with Gasteiger partial charge in [0.1, 0.15) is 11.6 Å². The quantitative estimate of drug-likeness (QED) is 0.926. The molecule has 0 radical (unpaired) electrons. The normalized spacial score (nSPS) is 19.6. The number of hydrogen-bond donors (Lipinski definition) is 1. The van der Waals surface area contributed by atoms with Gasteiger partial charge in [0.2, 0.25) is 0 Å². The Balaban J connectivity index is 1.97. The zero-order valence-corrected chi connectivity index (χ0v) is 11.1. The second-order valence-electron chi connectivity index (χ2n) is 4.67. The Hall–Kier alpha value is -1.95. The fourth-order valence-electron chi connectivity index (χ4n) is 2.41. The standard InChI is InChI=1S/C14H11F2NO2S/c15-9-5-10(16)7-11(6-9)17-13-8-20(18,19)14-4-2-1-3-12(13)14/h1-7,13,17H,8H2. The molecule has 3 rings (SSSR count). The molecule has 2 aromatic carbocycles. The molecule has 2 aromatic rings. The fourth-order valence-corrected chi connectivity index (χ4v) is 4.14. The second kappa shape index (κ2) is 4.56. The van der Waals surface area contributed by atoms with Gasteiger partial charge in [-0.3, -0.25) is 0 Å². The van der Waals surface area contributed by atoms with E-state index in [2.05, 4.69) is 5.32 Å². The average Bonchev–Trinajstić information content (AvgIpc) is 2.60. The van der Waals surface area contributed by atoms with Crippen molar-refractivity contribution in [3.8, 4) is 0 Å². The molecular formula is C14H11F2NO2S. The largest absolute Gasteiger partial charge is 0.377 e. The zero-order chi connectivity index (χ0) is 14.3. The number of sulfone groups is 1. The molecule has 0 aromatic heterocycles. The van der Waals surface area contributed by atoms with E-state index in [1.54, 1.807) is 24.3 Å². The maximum Gasteiger partial charge on any atom is 0.181 e. The Kier molecular flexibility index (Phi) is 2.97. The molecule has 6 heteroatoms. The Labute approximate surface area is 115 Å². The highest BCUT2D eigenvalue weighted by Crippen LogP contribution is 2.35. The fraction of sp³-hybridized carbons (Fsp3) is 0.143. The molecule has 3 nitrogen and oxygen atoms in total. The van der Waals surface area contributed by atoms with Crippen LogP contribution in [0.2, 0.25) is 0 Å². The van der Waals surface area contributed by atoms with Crippen LogP contribution in [0.3, 0.4) is 0 Å². The van der Waals surface area contributed by atoms with Gasteiger partial charge < -0.3 is 5.32 Å². The van der Waals surface area contributed by atoms with E-state index in [0.717, 1.165) is 18.2 Å². The monoisotopic (exact) mass is 295 g/mol. The van der Waals surface area contributed by atoms with Crippen LogP contribution in [0.15, 0.2) is 47.4 Å². The first-order valence-corrected chi connectivity index (χ1v) is 7.65.